The lowest BCUT2D eigenvalue weighted by Gasteiger charge is -2.40. The Kier molecular flexibility index (Phi) is 11.9. The highest BCUT2D eigenvalue weighted by molar-refractivity contribution is 7.99. The first kappa shape index (κ1) is 32.9. The van der Waals surface area contributed by atoms with Crippen molar-refractivity contribution in [2.75, 3.05) is 25.4 Å². The van der Waals surface area contributed by atoms with E-state index in [2.05, 4.69) is 65.9 Å². The van der Waals surface area contributed by atoms with Crippen LogP contribution in [0.4, 0.5) is 0 Å². The van der Waals surface area contributed by atoms with Gasteiger partial charge < -0.3 is 14.4 Å². The summed E-state index contributed by atoms with van der Waals surface area (Å²) < 4.78 is 2.19. The lowest BCUT2D eigenvalue weighted by molar-refractivity contribution is -0.141. The molecule has 1 aliphatic heterocycles. The summed E-state index contributed by atoms with van der Waals surface area (Å²) in [7, 11) is 0. The van der Waals surface area contributed by atoms with Gasteiger partial charge in [-0.05, 0) is 38.0 Å². The van der Waals surface area contributed by atoms with Gasteiger partial charge in [0.1, 0.15) is 5.52 Å². The Morgan fingerprint density at radius 1 is 0.889 bits per heavy atom. The van der Waals surface area contributed by atoms with Crippen LogP contribution in [0.5, 0.6) is 0 Å². The molecule has 1 aliphatic rings. The van der Waals surface area contributed by atoms with E-state index in [0.29, 0.717) is 37.8 Å². The Bertz CT molecular complexity index is 1570. The maximum atomic E-state index is 13.2. The SMILES string of the molecule is CCCCCCCCCCCC(=O)N1CCN(C(=O)CSc2nnc3c4cc(C)ccc4n(Cc4ccccc4)c3n2)CC1C. The summed E-state index contributed by atoms with van der Waals surface area (Å²) in [5.74, 6) is 0.507. The highest BCUT2D eigenvalue weighted by atomic mass is 32.2. The Morgan fingerprint density at radius 3 is 2.36 bits per heavy atom. The van der Waals surface area contributed by atoms with Gasteiger partial charge in [0.05, 0.1) is 11.3 Å². The molecule has 45 heavy (non-hydrogen) atoms. The number of aromatic nitrogens is 4. The minimum atomic E-state index is 0.0187. The molecule has 2 aromatic carbocycles. The normalized spacial score (nSPS) is 15.3. The van der Waals surface area contributed by atoms with Crippen molar-refractivity contribution in [3.8, 4) is 0 Å². The Morgan fingerprint density at radius 2 is 1.62 bits per heavy atom. The molecule has 1 fully saturated rings. The van der Waals surface area contributed by atoms with E-state index < -0.39 is 0 Å². The highest BCUT2D eigenvalue weighted by Crippen LogP contribution is 2.29. The average Bonchev–Trinajstić information content (AvgIpc) is 3.34. The first-order chi connectivity index (χ1) is 21.9. The zero-order valence-electron chi connectivity index (χ0n) is 27.2. The number of nitrogens with zero attached hydrogens (tertiary/aromatic N) is 6. The van der Waals surface area contributed by atoms with Crippen molar-refractivity contribution in [1.29, 1.82) is 0 Å². The Hall–Kier alpha value is -3.46. The van der Waals surface area contributed by atoms with Gasteiger partial charge in [-0.25, -0.2) is 4.98 Å². The predicted octanol–water partition coefficient (Wildman–Crippen LogP) is 7.41. The monoisotopic (exact) mass is 628 g/mol. The molecular weight excluding hydrogens is 581 g/mol. The molecule has 9 heteroatoms. The minimum Gasteiger partial charge on any atom is -0.338 e. The number of carbonyl (C=O) groups excluding carboxylic acids is 2. The first-order valence-electron chi connectivity index (χ1n) is 16.8. The van der Waals surface area contributed by atoms with Crippen LogP contribution in [0.15, 0.2) is 53.7 Å². The molecule has 0 aliphatic carbocycles. The molecule has 4 aromatic rings. The Balaban J connectivity index is 1.13. The average molecular weight is 629 g/mol. The van der Waals surface area contributed by atoms with Gasteiger partial charge in [-0.3, -0.25) is 9.59 Å². The fourth-order valence-electron chi connectivity index (χ4n) is 6.34. The van der Waals surface area contributed by atoms with Gasteiger partial charge in [-0.15, -0.1) is 10.2 Å². The molecule has 0 bridgehead atoms. The summed E-state index contributed by atoms with van der Waals surface area (Å²) in [5, 5.41) is 10.5. The predicted molar refractivity (Wildman–Crippen MR) is 183 cm³/mol. The number of thioether (sulfide) groups is 1. The molecule has 0 spiro atoms. The quantitative estimate of drug-likeness (QED) is 0.101. The lowest BCUT2D eigenvalue weighted by Crippen LogP contribution is -2.55. The number of piperazine rings is 1. The van der Waals surface area contributed by atoms with Crippen molar-refractivity contribution < 1.29 is 9.59 Å². The van der Waals surface area contributed by atoms with E-state index >= 15 is 0 Å². The molecule has 0 N–H and O–H groups in total. The standard InChI is InChI=1S/C36H48N6O2S/c1-4-5-6-7-8-9-10-11-15-18-32(43)41-22-21-40(24-28(41)3)33(44)26-45-36-37-35-34(38-39-36)30-23-27(2)19-20-31(30)42(35)25-29-16-13-12-14-17-29/h12-14,16-17,19-20,23,28H,4-11,15,18,21-22,24-26H2,1-3H3. The van der Waals surface area contributed by atoms with E-state index in [4.69, 9.17) is 4.98 Å². The van der Waals surface area contributed by atoms with Crippen molar-refractivity contribution in [2.24, 2.45) is 0 Å². The number of amides is 2. The van der Waals surface area contributed by atoms with Gasteiger partial charge >= 0.3 is 0 Å². The summed E-state index contributed by atoms with van der Waals surface area (Å²) >= 11 is 1.33. The topological polar surface area (TPSA) is 84.2 Å². The molecule has 8 nitrogen and oxygen atoms in total. The fourth-order valence-corrected chi connectivity index (χ4v) is 7.03. The third-order valence-corrected chi connectivity index (χ3v) is 9.73. The molecule has 5 rings (SSSR count). The molecule has 0 radical (unpaired) electrons. The van der Waals surface area contributed by atoms with E-state index in [9.17, 15) is 9.59 Å². The molecule has 3 heterocycles. The first-order valence-corrected chi connectivity index (χ1v) is 17.8. The second-order valence-electron chi connectivity index (χ2n) is 12.5. The zero-order chi connectivity index (χ0) is 31.6. The van der Waals surface area contributed by atoms with Crippen LogP contribution in [0.25, 0.3) is 22.1 Å². The van der Waals surface area contributed by atoms with Gasteiger partial charge in [-0.2, -0.15) is 0 Å². The van der Waals surface area contributed by atoms with Crippen molar-refractivity contribution in [3.05, 3.63) is 59.7 Å². The maximum Gasteiger partial charge on any atom is 0.233 e. The number of benzene rings is 2. The van der Waals surface area contributed by atoms with E-state index in [-0.39, 0.29) is 23.6 Å². The Labute approximate surface area is 272 Å². The van der Waals surface area contributed by atoms with Crippen molar-refractivity contribution in [1.82, 2.24) is 29.5 Å². The van der Waals surface area contributed by atoms with Crippen LogP contribution in [0.2, 0.25) is 0 Å². The molecule has 1 unspecified atom stereocenters. The maximum absolute atomic E-state index is 13.2. The number of aryl methyl sites for hydroxylation is 1. The summed E-state index contributed by atoms with van der Waals surface area (Å²) in [5.41, 5.74) is 4.96. The van der Waals surface area contributed by atoms with Gasteiger partial charge in [0.25, 0.3) is 0 Å². The molecule has 1 atom stereocenters. The van der Waals surface area contributed by atoms with Crippen LogP contribution in [0, 0.1) is 6.92 Å². The van der Waals surface area contributed by atoms with Crippen LogP contribution in [-0.2, 0) is 16.1 Å². The summed E-state index contributed by atoms with van der Waals surface area (Å²) in [6.07, 6.45) is 11.8. The number of fused-ring (bicyclic) bond motifs is 3. The fraction of sp³-hybridized carbons (Fsp3) is 0.528. The molecule has 0 saturated carbocycles. The van der Waals surface area contributed by atoms with Gasteiger partial charge in [0, 0.05) is 44.0 Å². The minimum absolute atomic E-state index is 0.0187. The molecule has 240 valence electrons. The van der Waals surface area contributed by atoms with Crippen LogP contribution in [0.1, 0.15) is 89.2 Å². The molecule has 2 aromatic heterocycles. The second-order valence-corrected chi connectivity index (χ2v) is 13.4. The molecule has 2 amide bonds. The number of unbranched alkanes of at least 4 members (excludes halogenated alkanes) is 8. The summed E-state index contributed by atoms with van der Waals surface area (Å²) in [6.45, 7) is 8.77. The van der Waals surface area contributed by atoms with Gasteiger partial charge in [0.15, 0.2) is 5.65 Å². The van der Waals surface area contributed by atoms with Crippen molar-refractivity contribution >= 4 is 45.6 Å². The van der Waals surface area contributed by atoms with Crippen LogP contribution >= 0.6 is 11.8 Å². The molecular formula is C36H48N6O2S. The third kappa shape index (κ3) is 8.63. The second kappa shape index (κ2) is 16.2. The van der Waals surface area contributed by atoms with Crippen molar-refractivity contribution in [2.45, 2.75) is 103 Å². The number of carbonyl (C=O) groups is 2. The molecule has 1 saturated heterocycles. The highest BCUT2D eigenvalue weighted by Gasteiger charge is 2.29. The van der Waals surface area contributed by atoms with Crippen LogP contribution in [0.3, 0.4) is 0 Å². The number of rotatable bonds is 15. The largest absolute Gasteiger partial charge is 0.338 e. The number of hydrogen-bond donors (Lipinski definition) is 0. The summed E-state index contributed by atoms with van der Waals surface area (Å²) in [6, 6.07) is 16.7. The van der Waals surface area contributed by atoms with Crippen molar-refractivity contribution in [3.63, 3.8) is 0 Å². The smallest absolute Gasteiger partial charge is 0.233 e. The van der Waals surface area contributed by atoms with E-state index in [1.165, 1.54) is 62.3 Å². The van der Waals surface area contributed by atoms with E-state index in [1.54, 1.807) is 0 Å². The van der Waals surface area contributed by atoms with Gasteiger partial charge in [0.2, 0.25) is 17.0 Å². The zero-order valence-corrected chi connectivity index (χ0v) is 28.0. The van der Waals surface area contributed by atoms with E-state index in [0.717, 1.165) is 40.5 Å². The van der Waals surface area contributed by atoms with Crippen LogP contribution in [-0.4, -0.2) is 72.8 Å². The lowest BCUT2D eigenvalue weighted by atomic mass is 10.1. The van der Waals surface area contributed by atoms with Crippen LogP contribution < -0.4 is 0 Å². The van der Waals surface area contributed by atoms with E-state index in [1.807, 2.05) is 28.0 Å². The van der Waals surface area contributed by atoms with Gasteiger partial charge in [-0.1, -0.05) is 112 Å². The summed E-state index contributed by atoms with van der Waals surface area (Å²) in [4.78, 5) is 34.9. The number of hydrogen-bond acceptors (Lipinski definition) is 6. The third-order valence-electron chi connectivity index (χ3n) is 8.91.